The molecule has 0 bridgehead atoms. The molecule has 0 radical (unpaired) electrons. The number of nitrogens with one attached hydrogen (secondary N) is 1. The SMILES string of the molecule is CCOC(=O)C(NC1CCN(C)C(C)C1)c1ccccc1. The number of carbonyl (C=O) groups excluding carboxylic acids is 1. The summed E-state index contributed by atoms with van der Waals surface area (Å²) in [7, 11) is 2.15. The molecule has 21 heavy (non-hydrogen) atoms. The average Bonchev–Trinajstić information content (AvgIpc) is 2.49. The Balaban J connectivity index is 2.08. The van der Waals surface area contributed by atoms with Crippen LogP contribution in [0, 0.1) is 0 Å². The molecule has 3 unspecified atom stereocenters. The Kier molecular flexibility index (Phi) is 5.76. The molecule has 1 aliphatic rings. The summed E-state index contributed by atoms with van der Waals surface area (Å²) >= 11 is 0. The molecule has 0 spiro atoms. The Bertz CT molecular complexity index is 449. The highest BCUT2D eigenvalue weighted by Gasteiger charge is 2.29. The van der Waals surface area contributed by atoms with Crippen molar-refractivity contribution in [3.63, 3.8) is 0 Å². The lowest BCUT2D eigenvalue weighted by molar-refractivity contribution is -0.146. The fraction of sp³-hybridized carbons (Fsp3) is 0.588. The second kappa shape index (κ2) is 7.57. The van der Waals surface area contributed by atoms with Gasteiger partial charge in [-0.3, -0.25) is 5.32 Å². The van der Waals surface area contributed by atoms with Crippen molar-refractivity contribution in [1.29, 1.82) is 0 Å². The number of ether oxygens (including phenoxy) is 1. The standard InChI is InChI=1S/C17H26N2O2/c1-4-21-17(20)16(14-8-6-5-7-9-14)18-15-10-11-19(3)13(2)12-15/h5-9,13,15-16,18H,4,10-12H2,1-3H3. The van der Waals surface area contributed by atoms with Crippen molar-refractivity contribution >= 4 is 5.97 Å². The molecule has 1 N–H and O–H groups in total. The lowest BCUT2D eigenvalue weighted by atomic mass is 9.96. The Labute approximate surface area is 127 Å². The van der Waals surface area contributed by atoms with Gasteiger partial charge in [0, 0.05) is 12.1 Å². The number of nitrogens with zero attached hydrogens (tertiary/aromatic N) is 1. The van der Waals surface area contributed by atoms with Crippen LogP contribution in [0.1, 0.15) is 38.3 Å². The molecule has 1 saturated heterocycles. The van der Waals surface area contributed by atoms with E-state index in [1.54, 1.807) is 0 Å². The molecule has 1 aromatic carbocycles. The Morgan fingerprint density at radius 3 is 2.76 bits per heavy atom. The highest BCUT2D eigenvalue weighted by atomic mass is 16.5. The summed E-state index contributed by atoms with van der Waals surface area (Å²) < 4.78 is 5.24. The summed E-state index contributed by atoms with van der Waals surface area (Å²) in [6.07, 6.45) is 2.11. The normalized spacial score (nSPS) is 24.5. The average molecular weight is 290 g/mol. The lowest BCUT2D eigenvalue weighted by Gasteiger charge is -2.36. The maximum absolute atomic E-state index is 12.3. The van der Waals surface area contributed by atoms with E-state index in [0.29, 0.717) is 18.7 Å². The van der Waals surface area contributed by atoms with Crippen LogP contribution in [0.25, 0.3) is 0 Å². The first-order chi connectivity index (χ1) is 10.1. The Hall–Kier alpha value is -1.39. The van der Waals surface area contributed by atoms with Gasteiger partial charge in [0.2, 0.25) is 0 Å². The molecular formula is C17H26N2O2. The summed E-state index contributed by atoms with van der Waals surface area (Å²) in [6, 6.07) is 10.4. The van der Waals surface area contributed by atoms with Crippen molar-refractivity contribution in [3.8, 4) is 0 Å². The number of hydrogen-bond acceptors (Lipinski definition) is 4. The third kappa shape index (κ3) is 4.29. The zero-order chi connectivity index (χ0) is 15.2. The number of hydrogen-bond donors (Lipinski definition) is 1. The minimum Gasteiger partial charge on any atom is -0.465 e. The lowest BCUT2D eigenvalue weighted by Crippen LogP contribution is -2.48. The van der Waals surface area contributed by atoms with Crippen LogP contribution in [0.5, 0.6) is 0 Å². The zero-order valence-corrected chi connectivity index (χ0v) is 13.2. The summed E-state index contributed by atoms with van der Waals surface area (Å²) in [5, 5.41) is 3.51. The number of rotatable bonds is 5. The molecule has 116 valence electrons. The van der Waals surface area contributed by atoms with Crippen molar-refractivity contribution in [1.82, 2.24) is 10.2 Å². The van der Waals surface area contributed by atoms with E-state index in [-0.39, 0.29) is 12.0 Å². The molecule has 4 heteroatoms. The molecule has 0 aromatic heterocycles. The van der Waals surface area contributed by atoms with Crippen LogP contribution in [-0.2, 0) is 9.53 Å². The van der Waals surface area contributed by atoms with Crippen molar-refractivity contribution in [2.24, 2.45) is 0 Å². The van der Waals surface area contributed by atoms with Gasteiger partial charge in [0.05, 0.1) is 6.61 Å². The van der Waals surface area contributed by atoms with Gasteiger partial charge in [-0.1, -0.05) is 30.3 Å². The minimum absolute atomic E-state index is 0.185. The monoisotopic (exact) mass is 290 g/mol. The summed E-state index contributed by atoms with van der Waals surface area (Å²) in [5.41, 5.74) is 0.975. The molecular weight excluding hydrogens is 264 g/mol. The molecule has 0 aliphatic carbocycles. The van der Waals surface area contributed by atoms with Gasteiger partial charge in [0.1, 0.15) is 6.04 Å². The maximum Gasteiger partial charge on any atom is 0.327 e. The first kappa shape index (κ1) is 16.0. The fourth-order valence-electron chi connectivity index (χ4n) is 2.85. The van der Waals surface area contributed by atoms with Gasteiger partial charge in [-0.05, 0) is 45.8 Å². The molecule has 1 aliphatic heterocycles. The van der Waals surface area contributed by atoms with Crippen molar-refractivity contribution in [2.75, 3.05) is 20.2 Å². The van der Waals surface area contributed by atoms with Crippen molar-refractivity contribution in [2.45, 2.75) is 44.8 Å². The fourth-order valence-corrected chi connectivity index (χ4v) is 2.85. The van der Waals surface area contributed by atoms with Crippen LogP contribution in [0.4, 0.5) is 0 Å². The summed E-state index contributed by atoms with van der Waals surface area (Å²) in [4.78, 5) is 14.6. The van der Waals surface area contributed by atoms with Crippen LogP contribution < -0.4 is 5.32 Å². The van der Waals surface area contributed by atoms with Crippen LogP contribution in [-0.4, -0.2) is 43.2 Å². The molecule has 2 rings (SSSR count). The van der Waals surface area contributed by atoms with Gasteiger partial charge in [0.15, 0.2) is 0 Å². The molecule has 0 saturated carbocycles. The van der Waals surface area contributed by atoms with Gasteiger partial charge in [-0.15, -0.1) is 0 Å². The number of carbonyl (C=O) groups is 1. The molecule has 1 aromatic rings. The van der Waals surface area contributed by atoms with E-state index in [1.807, 2.05) is 37.3 Å². The summed E-state index contributed by atoms with van der Waals surface area (Å²) in [6.45, 7) is 5.55. The Morgan fingerprint density at radius 2 is 2.14 bits per heavy atom. The van der Waals surface area contributed by atoms with Gasteiger partial charge in [-0.25, -0.2) is 4.79 Å². The molecule has 3 atom stereocenters. The first-order valence-electron chi connectivity index (χ1n) is 7.79. The van der Waals surface area contributed by atoms with E-state index in [2.05, 4.69) is 24.2 Å². The van der Waals surface area contributed by atoms with E-state index in [4.69, 9.17) is 4.74 Å². The molecule has 4 nitrogen and oxygen atoms in total. The van der Waals surface area contributed by atoms with Crippen molar-refractivity contribution in [3.05, 3.63) is 35.9 Å². The molecule has 1 fully saturated rings. The second-order valence-corrected chi connectivity index (χ2v) is 5.81. The highest BCUT2D eigenvalue weighted by molar-refractivity contribution is 5.77. The van der Waals surface area contributed by atoms with E-state index < -0.39 is 0 Å². The third-order valence-electron chi connectivity index (χ3n) is 4.27. The first-order valence-corrected chi connectivity index (χ1v) is 7.79. The van der Waals surface area contributed by atoms with Crippen LogP contribution in [0.15, 0.2) is 30.3 Å². The topological polar surface area (TPSA) is 41.6 Å². The largest absolute Gasteiger partial charge is 0.465 e. The predicted octanol–water partition coefficient (Wildman–Crippen LogP) is 2.36. The van der Waals surface area contributed by atoms with Gasteiger partial charge < -0.3 is 9.64 Å². The van der Waals surface area contributed by atoms with Gasteiger partial charge in [0.25, 0.3) is 0 Å². The Morgan fingerprint density at radius 1 is 1.43 bits per heavy atom. The maximum atomic E-state index is 12.3. The van der Waals surface area contributed by atoms with Gasteiger partial charge >= 0.3 is 5.97 Å². The molecule has 0 amide bonds. The zero-order valence-electron chi connectivity index (χ0n) is 13.2. The number of likely N-dealkylation sites (tertiary alicyclic amines) is 1. The quantitative estimate of drug-likeness (QED) is 0.845. The van der Waals surface area contributed by atoms with E-state index >= 15 is 0 Å². The third-order valence-corrected chi connectivity index (χ3v) is 4.27. The molecule has 1 heterocycles. The van der Waals surface area contributed by atoms with E-state index in [1.165, 1.54) is 0 Å². The van der Waals surface area contributed by atoms with Crippen LogP contribution >= 0.6 is 0 Å². The van der Waals surface area contributed by atoms with Crippen LogP contribution in [0.3, 0.4) is 0 Å². The van der Waals surface area contributed by atoms with E-state index in [9.17, 15) is 4.79 Å². The number of piperidine rings is 1. The van der Waals surface area contributed by atoms with Crippen LogP contribution in [0.2, 0.25) is 0 Å². The minimum atomic E-state index is -0.369. The second-order valence-electron chi connectivity index (χ2n) is 5.81. The smallest absolute Gasteiger partial charge is 0.327 e. The van der Waals surface area contributed by atoms with Gasteiger partial charge in [-0.2, -0.15) is 0 Å². The predicted molar refractivity (Wildman–Crippen MR) is 84.1 cm³/mol. The highest BCUT2D eigenvalue weighted by Crippen LogP contribution is 2.21. The number of esters is 1. The van der Waals surface area contributed by atoms with E-state index in [0.717, 1.165) is 24.9 Å². The number of benzene rings is 1. The summed E-state index contributed by atoms with van der Waals surface area (Å²) in [5.74, 6) is -0.185. The van der Waals surface area contributed by atoms with Crippen molar-refractivity contribution < 1.29 is 9.53 Å².